The summed E-state index contributed by atoms with van der Waals surface area (Å²) in [6, 6.07) is 11.8. The Bertz CT molecular complexity index is 841. The maximum absolute atomic E-state index is 6.06. The first-order chi connectivity index (χ1) is 10.2. The Kier molecular flexibility index (Phi) is 2.79. The third-order valence-electron chi connectivity index (χ3n) is 3.76. The van der Waals surface area contributed by atoms with Crippen LogP contribution in [0.2, 0.25) is 5.02 Å². The molecule has 0 bridgehead atoms. The van der Waals surface area contributed by atoms with Crippen molar-refractivity contribution < 1.29 is 4.74 Å². The molecule has 0 saturated carbocycles. The molecule has 1 aliphatic rings. The highest BCUT2D eigenvalue weighted by Crippen LogP contribution is 2.38. The molecule has 0 atom stereocenters. The van der Waals surface area contributed by atoms with Gasteiger partial charge in [-0.1, -0.05) is 17.7 Å². The first kappa shape index (κ1) is 12.5. The molecule has 3 aromatic rings. The van der Waals surface area contributed by atoms with Crippen molar-refractivity contribution in [3.63, 3.8) is 0 Å². The van der Waals surface area contributed by atoms with Crippen LogP contribution < -0.4 is 10.1 Å². The Labute approximate surface area is 127 Å². The molecule has 0 aliphatic carbocycles. The highest BCUT2D eigenvalue weighted by molar-refractivity contribution is 6.31. The quantitative estimate of drug-likeness (QED) is 0.745. The Hall–Kier alpha value is -2.20. The first-order valence-electron chi connectivity index (χ1n) is 6.86. The summed E-state index contributed by atoms with van der Waals surface area (Å²) in [4.78, 5) is 4.72. The second-order valence-corrected chi connectivity index (χ2v) is 5.52. The maximum Gasteiger partial charge on any atom is 0.153 e. The molecule has 21 heavy (non-hydrogen) atoms. The van der Waals surface area contributed by atoms with Crippen molar-refractivity contribution in [1.29, 1.82) is 0 Å². The van der Waals surface area contributed by atoms with Crippen LogP contribution in [0.1, 0.15) is 0 Å². The zero-order chi connectivity index (χ0) is 14.4. The van der Waals surface area contributed by atoms with Crippen LogP contribution in [0.15, 0.2) is 36.4 Å². The lowest BCUT2D eigenvalue weighted by Gasteiger charge is -2.21. The van der Waals surface area contributed by atoms with Gasteiger partial charge in [0.15, 0.2) is 5.75 Å². The molecule has 1 N–H and O–H groups in total. The molecule has 1 aromatic heterocycles. The SMILES string of the molecule is Cn1c(-c2cccc3c2OCCN3)nc2cc(Cl)ccc21. The van der Waals surface area contributed by atoms with Gasteiger partial charge in [0, 0.05) is 18.6 Å². The van der Waals surface area contributed by atoms with Gasteiger partial charge in [-0.25, -0.2) is 4.98 Å². The summed E-state index contributed by atoms with van der Waals surface area (Å²) in [6.07, 6.45) is 0. The van der Waals surface area contributed by atoms with Gasteiger partial charge in [-0.15, -0.1) is 0 Å². The molecule has 5 heteroatoms. The van der Waals surface area contributed by atoms with Gasteiger partial charge >= 0.3 is 0 Å². The van der Waals surface area contributed by atoms with E-state index in [1.54, 1.807) is 0 Å². The second-order valence-electron chi connectivity index (χ2n) is 5.08. The summed E-state index contributed by atoms with van der Waals surface area (Å²) in [6.45, 7) is 1.49. The van der Waals surface area contributed by atoms with Gasteiger partial charge in [-0.05, 0) is 30.3 Å². The number of rotatable bonds is 1. The third-order valence-corrected chi connectivity index (χ3v) is 4.00. The zero-order valence-corrected chi connectivity index (χ0v) is 12.3. The molecular weight excluding hydrogens is 286 g/mol. The Morgan fingerprint density at radius 3 is 3.10 bits per heavy atom. The van der Waals surface area contributed by atoms with E-state index in [4.69, 9.17) is 21.3 Å². The fourth-order valence-electron chi connectivity index (χ4n) is 2.76. The highest BCUT2D eigenvalue weighted by Gasteiger charge is 2.19. The van der Waals surface area contributed by atoms with E-state index in [1.807, 2.05) is 43.4 Å². The summed E-state index contributed by atoms with van der Waals surface area (Å²) in [7, 11) is 2.01. The van der Waals surface area contributed by atoms with Crippen molar-refractivity contribution in [2.24, 2.45) is 7.05 Å². The number of halogens is 1. The van der Waals surface area contributed by atoms with E-state index in [0.717, 1.165) is 40.4 Å². The Morgan fingerprint density at radius 1 is 1.29 bits per heavy atom. The van der Waals surface area contributed by atoms with Gasteiger partial charge in [0.2, 0.25) is 0 Å². The van der Waals surface area contributed by atoms with Gasteiger partial charge in [-0.3, -0.25) is 0 Å². The molecule has 0 spiro atoms. The van der Waals surface area contributed by atoms with Gasteiger partial charge in [0.1, 0.15) is 12.4 Å². The smallest absolute Gasteiger partial charge is 0.153 e. The van der Waals surface area contributed by atoms with E-state index < -0.39 is 0 Å². The van der Waals surface area contributed by atoms with Crippen molar-refractivity contribution in [3.05, 3.63) is 41.4 Å². The molecule has 0 unspecified atom stereocenters. The summed E-state index contributed by atoms with van der Waals surface area (Å²) in [5.41, 5.74) is 3.95. The van der Waals surface area contributed by atoms with E-state index in [2.05, 4.69) is 9.88 Å². The van der Waals surface area contributed by atoms with Gasteiger partial charge in [0.25, 0.3) is 0 Å². The Balaban J connectivity index is 1.97. The lowest BCUT2D eigenvalue weighted by Crippen LogP contribution is -2.18. The predicted octanol–water partition coefficient (Wildman–Crippen LogP) is 3.70. The van der Waals surface area contributed by atoms with Crippen LogP contribution in [0, 0.1) is 0 Å². The summed E-state index contributed by atoms with van der Waals surface area (Å²) < 4.78 is 7.91. The maximum atomic E-state index is 6.06. The number of anilines is 1. The summed E-state index contributed by atoms with van der Waals surface area (Å²) in [5, 5.41) is 4.05. The van der Waals surface area contributed by atoms with Crippen LogP contribution in [0.25, 0.3) is 22.4 Å². The van der Waals surface area contributed by atoms with Crippen molar-refractivity contribution in [1.82, 2.24) is 9.55 Å². The molecule has 0 radical (unpaired) electrons. The summed E-state index contributed by atoms with van der Waals surface area (Å²) in [5.74, 6) is 1.75. The van der Waals surface area contributed by atoms with Crippen molar-refractivity contribution in [3.8, 4) is 17.1 Å². The van der Waals surface area contributed by atoms with Crippen LogP contribution in [0.5, 0.6) is 5.75 Å². The number of fused-ring (bicyclic) bond motifs is 2. The number of benzene rings is 2. The van der Waals surface area contributed by atoms with Crippen LogP contribution in [-0.2, 0) is 7.05 Å². The van der Waals surface area contributed by atoms with Gasteiger partial charge < -0.3 is 14.6 Å². The van der Waals surface area contributed by atoms with Crippen LogP contribution >= 0.6 is 11.6 Å². The fourth-order valence-corrected chi connectivity index (χ4v) is 2.93. The average Bonchev–Trinajstić information content (AvgIpc) is 2.83. The number of nitrogens with one attached hydrogen (secondary N) is 1. The molecule has 1 aliphatic heterocycles. The minimum absolute atomic E-state index is 0.666. The standard InChI is InChI=1S/C16H14ClN3O/c1-20-14-6-5-10(17)9-13(14)19-16(20)11-3-2-4-12-15(11)21-8-7-18-12/h2-6,9,18H,7-8H2,1H3. The molecule has 2 aromatic carbocycles. The average molecular weight is 300 g/mol. The molecule has 0 fully saturated rings. The molecule has 106 valence electrons. The third kappa shape index (κ3) is 1.94. The number of imidazole rings is 1. The largest absolute Gasteiger partial charge is 0.489 e. The van der Waals surface area contributed by atoms with E-state index in [0.29, 0.717) is 11.6 Å². The molecule has 0 amide bonds. The van der Waals surface area contributed by atoms with E-state index >= 15 is 0 Å². The molecule has 4 nitrogen and oxygen atoms in total. The minimum Gasteiger partial charge on any atom is -0.489 e. The van der Waals surface area contributed by atoms with Crippen LogP contribution in [0.3, 0.4) is 0 Å². The molecule has 0 saturated heterocycles. The summed E-state index contributed by atoms with van der Waals surface area (Å²) >= 11 is 6.06. The normalized spacial score (nSPS) is 13.6. The Morgan fingerprint density at radius 2 is 2.19 bits per heavy atom. The van der Waals surface area contributed by atoms with E-state index in [1.165, 1.54) is 0 Å². The van der Waals surface area contributed by atoms with Crippen molar-refractivity contribution in [2.75, 3.05) is 18.5 Å². The number of aryl methyl sites for hydroxylation is 1. The minimum atomic E-state index is 0.666. The number of ether oxygens (including phenoxy) is 1. The monoisotopic (exact) mass is 299 g/mol. The van der Waals surface area contributed by atoms with Gasteiger partial charge in [0.05, 0.1) is 22.3 Å². The lowest BCUT2D eigenvalue weighted by molar-refractivity contribution is 0.324. The fraction of sp³-hybridized carbons (Fsp3) is 0.188. The van der Waals surface area contributed by atoms with E-state index in [-0.39, 0.29) is 0 Å². The number of aromatic nitrogens is 2. The molecule has 4 rings (SSSR count). The van der Waals surface area contributed by atoms with Crippen molar-refractivity contribution in [2.45, 2.75) is 0 Å². The molecular formula is C16H14ClN3O. The van der Waals surface area contributed by atoms with E-state index in [9.17, 15) is 0 Å². The van der Waals surface area contributed by atoms with Crippen molar-refractivity contribution >= 4 is 28.3 Å². The highest BCUT2D eigenvalue weighted by atomic mass is 35.5. The zero-order valence-electron chi connectivity index (χ0n) is 11.6. The number of hydrogen-bond donors (Lipinski definition) is 1. The predicted molar refractivity (Wildman–Crippen MR) is 85.1 cm³/mol. The van der Waals surface area contributed by atoms with Gasteiger partial charge in [-0.2, -0.15) is 0 Å². The van der Waals surface area contributed by atoms with Crippen LogP contribution in [-0.4, -0.2) is 22.7 Å². The lowest BCUT2D eigenvalue weighted by atomic mass is 10.1. The topological polar surface area (TPSA) is 39.1 Å². The first-order valence-corrected chi connectivity index (χ1v) is 7.24. The number of nitrogens with zero attached hydrogens (tertiary/aromatic N) is 2. The number of para-hydroxylation sites is 1. The second kappa shape index (κ2) is 4.67. The molecule has 2 heterocycles. The number of hydrogen-bond acceptors (Lipinski definition) is 3. The van der Waals surface area contributed by atoms with Crippen LogP contribution in [0.4, 0.5) is 5.69 Å².